The third kappa shape index (κ3) is 6.20. The minimum atomic E-state index is -4.49. The molecule has 0 fully saturated rings. The van der Waals surface area contributed by atoms with Crippen LogP contribution in [-0.2, 0) is 6.18 Å². The zero-order valence-electron chi connectivity index (χ0n) is 15.6. The van der Waals surface area contributed by atoms with E-state index in [9.17, 15) is 18.3 Å². The first-order chi connectivity index (χ1) is 12.6. The van der Waals surface area contributed by atoms with Crippen LogP contribution in [0.3, 0.4) is 0 Å². The minimum Gasteiger partial charge on any atom is -0.478 e. The third-order valence-corrected chi connectivity index (χ3v) is 4.19. The van der Waals surface area contributed by atoms with Crippen molar-refractivity contribution in [3.63, 3.8) is 0 Å². The number of pyridine rings is 1. The highest BCUT2D eigenvalue weighted by Gasteiger charge is 2.33. The Morgan fingerprint density at radius 3 is 2.52 bits per heavy atom. The molecule has 0 bridgehead atoms. The molecule has 2 rings (SSSR count). The summed E-state index contributed by atoms with van der Waals surface area (Å²) in [4.78, 5) is 7.40. The fraction of sp³-hybridized carbons (Fsp3) is 0.611. The second-order valence-corrected chi connectivity index (χ2v) is 7.46. The lowest BCUT2D eigenvalue weighted by molar-refractivity contribution is -0.141. The van der Waals surface area contributed by atoms with E-state index in [0.29, 0.717) is 19.3 Å². The van der Waals surface area contributed by atoms with Crippen molar-refractivity contribution in [2.75, 3.05) is 6.61 Å². The molecule has 2 unspecified atom stereocenters. The Balaban J connectivity index is 1.86. The molecule has 2 aromatic heterocycles. The molecule has 27 heavy (non-hydrogen) atoms. The fourth-order valence-electron chi connectivity index (χ4n) is 2.69. The molecule has 6 nitrogen and oxygen atoms in total. The quantitative estimate of drug-likeness (QED) is 0.697. The van der Waals surface area contributed by atoms with Gasteiger partial charge in [0.1, 0.15) is 18.3 Å². The highest BCUT2D eigenvalue weighted by atomic mass is 19.4. The number of hydrogen-bond donors (Lipinski definition) is 1. The molecule has 0 amide bonds. The first-order valence-electron chi connectivity index (χ1n) is 8.78. The van der Waals surface area contributed by atoms with Gasteiger partial charge in [0.2, 0.25) is 5.88 Å². The maximum atomic E-state index is 12.7. The molecule has 2 aromatic rings. The molecule has 9 heteroatoms. The molecular weight excluding hydrogens is 361 g/mol. The molecule has 0 aromatic carbocycles. The summed E-state index contributed by atoms with van der Waals surface area (Å²) in [6, 6.07) is 3.34. The summed E-state index contributed by atoms with van der Waals surface area (Å²) in [5.74, 6) is -0.0487. The van der Waals surface area contributed by atoms with Gasteiger partial charge in [-0.25, -0.2) is 14.6 Å². The summed E-state index contributed by atoms with van der Waals surface area (Å²) in [5.41, 5.74) is -1.30. The highest BCUT2D eigenvalue weighted by molar-refractivity contribution is 5.17. The lowest BCUT2D eigenvalue weighted by atomic mass is 9.83. The Kier molecular flexibility index (Phi) is 6.80. The van der Waals surface area contributed by atoms with E-state index in [1.54, 1.807) is 11.0 Å². The number of halogens is 3. The smallest absolute Gasteiger partial charge is 0.433 e. The van der Waals surface area contributed by atoms with Gasteiger partial charge < -0.3 is 9.84 Å². The van der Waals surface area contributed by atoms with E-state index in [1.807, 2.05) is 20.8 Å². The van der Waals surface area contributed by atoms with E-state index in [-0.39, 0.29) is 23.9 Å². The minimum absolute atomic E-state index is 0.0487. The van der Waals surface area contributed by atoms with Crippen LogP contribution in [-0.4, -0.2) is 37.6 Å². The molecule has 1 N–H and O–H groups in total. The number of aromatic nitrogens is 4. The Morgan fingerprint density at radius 1 is 1.19 bits per heavy atom. The lowest BCUT2D eigenvalue weighted by Crippen LogP contribution is -2.35. The molecule has 2 heterocycles. The van der Waals surface area contributed by atoms with Crippen LogP contribution in [0.1, 0.15) is 51.8 Å². The van der Waals surface area contributed by atoms with Gasteiger partial charge >= 0.3 is 6.18 Å². The van der Waals surface area contributed by atoms with Gasteiger partial charge in [-0.3, -0.25) is 0 Å². The number of ether oxygens (including phenoxy) is 1. The number of aliphatic hydroxyl groups excluding tert-OH is 1. The standard InChI is InChI=1S/C18H25F3N4O2/c1-17(2,3)16(26)13(25-12-22-11-23-25)7-4-5-10-27-15-9-6-8-14(24-15)18(19,20)21/h6,8-9,11-13,16,26H,4-5,7,10H2,1-3H3. The summed E-state index contributed by atoms with van der Waals surface area (Å²) < 4.78 is 44.9. The van der Waals surface area contributed by atoms with Crippen LogP contribution in [0, 0.1) is 5.41 Å². The number of nitrogens with zero attached hydrogens (tertiary/aromatic N) is 4. The van der Waals surface area contributed by atoms with Gasteiger partial charge in [-0.15, -0.1) is 0 Å². The first-order valence-corrected chi connectivity index (χ1v) is 8.78. The van der Waals surface area contributed by atoms with Crippen molar-refractivity contribution in [3.05, 3.63) is 36.5 Å². The van der Waals surface area contributed by atoms with E-state index in [4.69, 9.17) is 4.74 Å². The Bertz CT molecular complexity index is 699. The summed E-state index contributed by atoms with van der Waals surface area (Å²) in [6.07, 6.45) is -0.163. The molecule has 0 aliphatic carbocycles. The van der Waals surface area contributed by atoms with Crippen molar-refractivity contribution in [3.8, 4) is 5.88 Å². The third-order valence-electron chi connectivity index (χ3n) is 4.19. The second-order valence-electron chi connectivity index (χ2n) is 7.46. The maximum Gasteiger partial charge on any atom is 0.433 e. The molecule has 0 aliphatic rings. The molecule has 0 aliphatic heterocycles. The number of aliphatic hydroxyl groups is 1. The van der Waals surface area contributed by atoms with Crippen LogP contribution in [0.5, 0.6) is 5.88 Å². The second kappa shape index (κ2) is 8.69. The SMILES string of the molecule is CC(C)(C)C(O)C(CCCCOc1cccc(C(F)(F)F)n1)n1cncn1. The molecule has 0 spiro atoms. The first kappa shape index (κ1) is 21.1. The van der Waals surface area contributed by atoms with Crippen molar-refractivity contribution in [1.82, 2.24) is 19.7 Å². The Hall–Kier alpha value is -2.16. The van der Waals surface area contributed by atoms with Crippen LogP contribution >= 0.6 is 0 Å². The average Bonchev–Trinajstić information content (AvgIpc) is 3.10. The van der Waals surface area contributed by atoms with Crippen LogP contribution in [0.4, 0.5) is 13.2 Å². The van der Waals surface area contributed by atoms with Crippen LogP contribution in [0.2, 0.25) is 0 Å². The Morgan fingerprint density at radius 2 is 1.93 bits per heavy atom. The average molecular weight is 386 g/mol. The normalized spacial score (nSPS) is 14.8. The van der Waals surface area contributed by atoms with Crippen LogP contribution in [0.25, 0.3) is 0 Å². The molecule has 0 saturated carbocycles. The van der Waals surface area contributed by atoms with Gasteiger partial charge in [0.05, 0.1) is 18.8 Å². The predicted molar refractivity (Wildman–Crippen MR) is 93.1 cm³/mol. The van der Waals surface area contributed by atoms with E-state index in [1.165, 1.54) is 18.5 Å². The van der Waals surface area contributed by atoms with Gasteiger partial charge in [0.25, 0.3) is 0 Å². The summed E-state index contributed by atoms with van der Waals surface area (Å²) in [6.45, 7) is 6.09. The molecular formula is C18H25F3N4O2. The number of hydrogen-bond acceptors (Lipinski definition) is 5. The van der Waals surface area contributed by atoms with Crippen molar-refractivity contribution in [2.24, 2.45) is 5.41 Å². The Labute approximate surface area is 156 Å². The molecule has 0 saturated heterocycles. The highest BCUT2D eigenvalue weighted by Crippen LogP contribution is 2.31. The van der Waals surface area contributed by atoms with E-state index < -0.39 is 18.0 Å². The van der Waals surface area contributed by atoms with E-state index in [0.717, 1.165) is 6.07 Å². The van der Waals surface area contributed by atoms with Crippen molar-refractivity contribution < 1.29 is 23.0 Å². The van der Waals surface area contributed by atoms with Gasteiger partial charge in [-0.05, 0) is 30.7 Å². The molecule has 150 valence electrons. The molecule has 0 radical (unpaired) electrons. The maximum absolute atomic E-state index is 12.7. The zero-order valence-corrected chi connectivity index (χ0v) is 15.6. The molecule has 2 atom stereocenters. The number of rotatable bonds is 8. The van der Waals surface area contributed by atoms with Crippen molar-refractivity contribution >= 4 is 0 Å². The topological polar surface area (TPSA) is 73.1 Å². The lowest BCUT2D eigenvalue weighted by Gasteiger charge is -2.33. The predicted octanol–water partition coefficient (Wildman–Crippen LogP) is 3.89. The van der Waals surface area contributed by atoms with Crippen LogP contribution in [0.15, 0.2) is 30.9 Å². The van der Waals surface area contributed by atoms with Gasteiger partial charge in [-0.1, -0.05) is 26.8 Å². The van der Waals surface area contributed by atoms with Gasteiger partial charge in [0, 0.05) is 6.07 Å². The summed E-state index contributed by atoms with van der Waals surface area (Å²) in [7, 11) is 0. The monoisotopic (exact) mass is 386 g/mol. The summed E-state index contributed by atoms with van der Waals surface area (Å²) >= 11 is 0. The van der Waals surface area contributed by atoms with Crippen molar-refractivity contribution in [2.45, 2.75) is 58.4 Å². The largest absolute Gasteiger partial charge is 0.478 e. The van der Waals surface area contributed by atoms with E-state index >= 15 is 0 Å². The number of unbranched alkanes of at least 4 members (excludes halogenated alkanes) is 1. The van der Waals surface area contributed by atoms with Gasteiger partial charge in [-0.2, -0.15) is 18.3 Å². The van der Waals surface area contributed by atoms with Crippen LogP contribution < -0.4 is 4.74 Å². The fourth-order valence-corrected chi connectivity index (χ4v) is 2.69. The van der Waals surface area contributed by atoms with Crippen molar-refractivity contribution in [1.29, 1.82) is 0 Å². The van der Waals surface area contributed by atoms with Gasteiger partial charge in [0.15, 0.2) is 0 Å². The zero-order chi connectivity index (χ0) is 20.1. The van der Waals surface area contributed by atoms with E-state index in [2.05, 4.69) is 15.1 Å². The number of alkyl halides is 3. The summed E-state index contributed by atoms with van der Waals surface area (Å²) in [5, 5.41) is 14.8.